The molecular weight excluding hydrogens is 359 g/mol. The van der Waals surface area contributed by atoms with Crippen molar-refractivity contribution in [1.82, 2.24) is 14.5 Å². The lowest BCUT2D eigenvalue weighted by Gasteiger charge is -2.44. The van der Waals surface area contributed by atoms with Crippen LogP contribution in [0.25, 0.3) is 21.8 Å². The van der Waals surface area contributed by atoms with E-state index < -0.39 is 5.82 Å². The molecule has 25 heavy (non-hydrogen) atoms. The molecule has 0 amide bonds. The third kappa shape index (κ3) is 2.38. The van der Waals surface area contributed by atoms with Crippen LogP contribution in [-0.4, -0.2) is 27.3 Å². The number of thioether (sulfide) groups is 1. The second-order valence-corrected chi connectivity index (χ2v) is 8.02. The Morgan fingerprint density at radius 3 is 2.84 bits per heavy atom. The van der Waals surface area contributed by atoms with Gasteiger partial charge in [0, 0.05) is 28.7 Å². The maximum Gasteiger partial charge on any atom is 0.186 e. The number of nitrogens with two attached hydrogens (primary N) is 1. The molecule has 3 aromatic heterocycles. The van der Waals surface area contributed by atoms with Crippen molar-refractivity contribution in [3.05, 3.63) is 28.9 Å². The fraction of sp³-hybridized carbons (Fsp3) is 0.444. The summed E-state index contributed by atoms with van der Waals surface area (Å²) >= 11 is 7.41. The Morgan fingerprint density at radius 1 is 1.44 bits per heavy atom. The molecule has 7 heteroatoms. The van der Waals surface area contributed by atoms with E-state index in [9.17, 15) is 4.39 Å². The predicted octanol–water partition coefficient (Wildman–Crippen LogP) is 4.56. The second-order valence-electron chi connectivity index (χ2n) is 6.86. The zero-order chi connectivity index (χ0) is 17.9. The summed E-state index contributed by atoms with van der Waals surface area (Å²) < 4.78 is 16.9. The predicted molar refractivity (Wildman–Crippen MR) is 102 cm³/mol. The molecule has 3 aromatic rings. The molecule has 1 aliphatic carbocycles. The van der Waals surface area contributed by atoms with Gasteiger partial charge in [0.2, 0.25) is 0 Å². The molecule has 4 nitrogen and oxygen atoms in total. The molecule has 132 valence electrons. The summed E-state index contributed by atoms with van der Waals surface area (Å²) in [5.74, 6) is 0.419. The van der Waals surface area contributed by atoms with Gasteiger partial charge in [-0.25, -0.2) is 14.4 Å². The van der Waals surface area contributed by atoms with E-state index in [0.29, 0.717) is 29.8 Å². The summed E-state index contributed by atoms with van der Waals surface area (Å²) in [6, 6.07) is 2.46. The number of halogens is 2. The van der Waals surface area contributed by atoms with Crippen molar-refractivity contribution >= 4 is 45.2 Å². The molecule has 0 bridgehead atoms. The molecule has 0 aliphatic heterocycles. The maximum absolute atomic E-state index is 14.6. The largest absolute Gasteiger partial charge is 0.341 e. The quantitative estimate of drug-likeness (QED) is 0.536. The Balaban J connectivity index is 2.12. The monoisotopic (exact) mass is 378 g/mol. The van der Waals surface area contributed by atoms with E-state index in [1.807, 2.05) is 6.26 Å². The summed E-state index contributed by atoms with van der Waals surface area (Å²) in [5.41, 5.74) is 8.40. The Morgan fingerprint density at radius 2 is 2.20 bits per heavy atom. The first kappa shape index (κ1) is 17.1. The van der Waals surface area contributed by atoms with E-state index in [-0.39, 0.29) is 10.7 Å². The first-order valence-corrected chi connectivity index (χ1v) is 9.97. The maximum atomic E-state index is 14.6. The molecule has 4 rings (SSSR count). The van der Waals surface area contributed by atoms with Gasteiger partial charge in [0.15, 0.2) is 11.0 Å². The number of aromatic nitrogens is 3. The topological polar surface area (TPSA) is 56.7 Å². The summed E-state index contributed by atoms with van der Waals surface area (Å²) in [5, 5.41) is 2.41. The lowest BCUT2D eigenvalue weighted by Crippen LogP contribution is -2.41. The van der Waals surface area contributed by atoms with E-state index in [1.54, 1.807) is 6.20 Å². The van der Waals surface area contributed by atoms with Gasteiger partial charge in [-0.05, 0) is 44.0 Å². The molecular formula is C18H20ClFN4S. The van der Waals surface area contributed by atoms with Crippen molar-refractivity contribution in [3.8, 4) is 0 Å². The Bertz CT molecular complexity index is 987. The van der Waals surface area contributed by atoms with Gasteiger partial charge in [0.1, 0.15) is 10.5 Å². The molecule has 1 fully saturated rings. The molecule has 2 N–H and O–H groups in total. The summed E-state index contributed by atoms with van der Waals surface area (Å²) in [6.45, 7) is 5.00. The van der Waals surface area contributed by atoms with Crippen LogP contribution in [0.2, 0.25) is 5.15 Å². The average molecular weight is 379 g/mol. The van der Waals surface area contributed by atoms with Crippen LogP contribution in [-0.2, 0) is 0 Å². The Kier molecular flexibility index (Phi) is 4.17. The van der Waals surface area contributed by atoms with Crippen LogP contribution < -0.4 is 5.73 Å². The van der Waals surface area contributed by atoms with E-state index in [1.165, 1.54) is 11.8 Å². The number of rotatable bonds is 3. The highest BCUT2D eigenvalue weighted by molar-refractivity contribution is 7.98. The SMILES string of the molecule is CSc1nc2c(F)c(Cl)ncc2c2c1cc(C)n2[C@H]1[C@@H](CN)C[C@@H]1C. The Hall–Kier alpha value is -1.37. The van der Waals surface area contributed by atoms with Gasteiger partial charge >= 0.3 is 0 Å². The van der Waals surface area contributed by atoms with Crippen molar-refractivity contribution in [3.63, 3.8) is 0 Å². The van der Waals surface area contributed by atoms with Crippen LogP contribution in [0.5, 0.6) is 0 Å². The van der Waals surface area contributed by atoms with Crippen molar-refractivity contribution in [2.45, 2.75) is 31.3 Å². The van der Waals surface area contributed by atoms with Crippen LogP contribution in [0.15, 0.2) is 17.3 Å². The number of hydrogen-bond donors (Lipinski definition) is 1. The lowest BCUT2D eigenvalue weighted by atomic mass is 9.70. The third-order valence-corrected chi connectivity index (χ3v) is 6.38. The summed E-state index contributed by atoms with van der Waals surface area (Å²) in [4.78, 5) is 8.55. The van der Waals surface area contributed by atoms with E-state index in [4.69, 9.17) is 17.3 Å². The second kappa shape index (κ2) is 6.11. The van der Waals surface area contributed by atoms with Gasteiger partial charge in [-0.1, -0.05) is 18.5 Å². The number of nitrogens with zero attached hydrogens (tertiary/aromatic N) is 3. The fourth-order valence-electron chi connectivity index (χ4n) is 4.26. The van der Waals surface area contributed by atoms with Crippen LogP contribution in [0.3, 0.4) is 0 Å². The van der Waals surface area contributed by atoms with Gasteiger partial charge in [-0.2, -0.15) is 0 Å². The minimum atomic E-state index is -0.557. The van der Waals surface area contributed by atoms with E-state index >= 15 is 0 Å². The fourth-order valence-corrected chi connectivity index (χ4v) is 4.95. The van der Waals surface area contributed by atoms with Crippen LogP contribution >= 0.6 is 23.4 Å². The third-order valence-electron chi connectivity index (χ3n) is 5.41. The molecule has 0 spiro atoms. The van der Waals surface area contributed by atoms with Gasteiger partial charge in [0.25, 0.3) is 0 Å². The number of aryl methyl sites for hydroxylation is 1. The number of hydrogen-bond acceptors (Lipinski definition) is 4. The molecule has 1 saturated carbocycles. The highest BCUT2D eigenvalue weighted by Gasteiger charge is 2.40. The lowest BCUT2D eigenvalue weighted by molar-refractivity contribution is 0.104. The van der Waals surface area contributed by atoms with Crippen LogP contribution in [0.4, 0.5) is 4.39 Å². The number of fused-ring (bicyclic) bond motifs is 3. The molecule has 0 aromatic carbocycles. The van der Waals surface area contributed by atoms with Crippen molar-refractivity contribution in [2.75, 3.05) is 12.8 Å². The molecule has 0 unspecified atom stereocenters. The standard InChI is InChI=1S/C18H20ClFN4S/c1-8-4-10(6-21)15(8)24-9(2)5-11-16(24)12-7-22-17(19)13(20)14(12)23-18(11)25-3/h5,7-8,10,15H,4,6,21H2,1-3H3/t8-,10+,15+/m0/s1. The van der Waals surface area contributed by atoms with Crippen molar-refractivity contribution in [2.24, 2.45) is 17.6 Å². The van der Waals surface area contributed by atoms with E-state index in [2.05, 4.69) is 34.4 Å². The summed E-state index contributed by atoms with van der Waals surface area (Å²) in [6.07, 6.45) is 4.71. The minimum Gasteiger partial charge on any atom is -0.341 e. The van der Waals surface area contributed by atoms with Crippen LogP contribution in [0.1, 0.15) is 25.1 Å². The molecule has 1 aliphatic rings. The van der Waals surface area contributed by atoms with Crippen LogP contribution in [0, 0.1) is 24.6 Å². The zero-order valence-electron chi connectivity index (χ0n) is 14.4. The molecule has 3 atom stereocenters. The van der Waals surface area contributed by atoms with Gasteiger partial charge < -0.3 is 10.3 Å². The van der Waals surface area contributed by atoms with Gasteiger partial charge in [-0.3, -0.25) is 0 Å². The number of pyridine rings is 2. The molecule has 0 saturated heterocycles. The smallest absolute Gasteiger partial charge is 0.186 e. The van der Waals surface area contributed by atoms with Gasteiger partial charge in [-0.15, -0.1) is 11.8 Å². The van der Waals surface area contributed by atoms with Crippen molar-refractivity contribution in [1.29, 1.82) is 0 Å². The van der Waals surface area contributed by atoms with E-state index in [0.717, 1.165) is 28.0 Å². The highest BCUT2D eigenvalue weighted by Crippen LogP contribution is 2.47. The average Bonchev–Trinajstić information content (AvgIpc) is 2.92. The molecule has 0 radical (unpaired) electrons. The Labute approximate surface area is 154 Å². The minimum absolute atomic E-state index is 0.141. The zero-order valence-corrected chi connectivity index (χ0v) is 16.0. The normalized spacial score (nSPS) is 23.4. The van der Waals surface area contributed by atoms with Gasteiger partial charge in [0.05, 0.1) is 5.52 Å². The first-order valence-electron chi connectivity index (χ1n) is 8.37. The summed E-state index contributed by atoms with van der Waals surface area (Å²) in [7, 11) is 0. The van der Waals surface area contributed by atoms with Crippen molar-refractivity contribution < 1.29 is 4.39 Å². The highest BCUT2D eigenvalue weighted by atomic mass is 35.5. The first-order chi connectivity index (χ1) is 12.0. The molecule has 3 heterocycles.